The van der Waals surface area contributed by atoms with Crippen molar-refractivity contribution in [3.8, 4) is 0 Å². The molecule has 0 spiro atoms. The van der Waals surface area contributed by atoms with Crippen LogP contribution in [0.1, 0.15) is 19.4 Å². The molecule has 1 heterocycles. The lowest BCUT2D eigenvalue weighted by Crippen LogP contribution is -2.54. The summed E-state index contributed by atoms with van der Waals surface area (Å²) in [5.41, 5.74) is -0.474. The van der Waals surface area contributed by atoms with E-state index in [1.165, 1.54) is 0 Å². The molecule has 2 aromatic rings. The first kappa shape index (κ1) is 14.3. The van der Waals surface area contributed by atoms with E-state index in [0.717, 1.165) is 5.56 Å². The van der Waals surface area contributed by atoms with Crippen molar-refractivity contribution in [2.24, 2.45) is 0 Å². The Balaban J connectivity index is 2.47. The summed E-state index contributed by atoms with van der Waals surface area (Å²) < 4.78 is 1.64. The Morgan fingerprint density at radius 2 is 2.05 bits per heavy atom. The molecule has 2 rings (SSSR count). The Labute approximate surface area is 118 Å². The number of carboxylic acids is 1. The molecule has 2 N–H and O–H groups in total. The molecule has 0 radical (unpaired) electrons. The average Bonchev–Trinajstić information content (AvgIpc) is 2.91. The molecule has 1 unspecified atom stereocenters. The van der Waals surface area contributed by atoms with E-state index in [-0.39, 0.29) is 12.6 Å². The van der Waals surface area contributed by atoms with Crippen molar-refractivity contribution >= 4 is 5.97 Å². The zero-order valence-corrected chi connectivity index (χ0v) is 11.7. The third kappa shape index (κ3) is 2.88. The van der Waals surface area contributed by atoms with Gasteiger partial charge in [-0.3, -0.25) is 10.00 Å². The second kappa shape index (κ2) is 5.88. The normalized spacial score (nSPS) is 14.2. The van der Waals surface area contributed by atoms with E-state index in [9.17, 15) is 9.90 Å². The van der Waals surface area contributed by atoms with Crippen LogP contribution in [0.15, 0.2) is 48.8 Å². The maximum absolute atomic E-state index is 12.0. The first-order valence-electron chi connectivity index (χ1n) is 6.58. The number of hydrogen-bond acceptors (Lipinski definition) is 3. The van der Waals surface area contributed by atoms with Crippen molar-refractivity contribution in [1.29, 1.82) is 0 Å². The summed E-state index contributed by atoms with van der Waals surface area (Å²) in [5, 5.41) is 17.1. The van der Waals surface area contributed by atoms with Gasteiger partial charge in [0.2, 0.25) is 0 Å². The van der Waals surface area contributed by atoms with Crippen molar-refractivity contribution in [2.45, 2.75) is 32.0 Å². The fraction of sp³-hybridized carbons (Fsp3) is 0.333. The number of nitrogens with one attached hydrogen (secondary N) is 1. The lowest BCUT2D eigenvalue weighted by atomic mass is 9.89. The van der Waals surface area contributed by atoms with E-state index in [2.05, 4.69) is 10.4 Å². The molecular formula is C15H19N3O2. The highest BCUT2D eigenvalue weighted by Crippen LogP contribution is 2.24. The van der Waals surface area contributed by atoms with Gasteiger partial charge in [-0.15, -0.1) is 0 Å². The Bertz CT molecular complexity index is 552. The van der Waals surface area contributed by atoms with E-state index in [1.807, 2.05) is 44.2 Å². The number of aliphatic carboxylic acids is 1. The van der Waals surface area contributed by atoms with Crippen LogP contribution >= 0.6 is 0 Å². The molecule has 5 nitrogen and oxygen atoms in total. The van der Waals surface area contributed by atoms with Crippen molar-refractivity contribution < 1.29 is 9.90 Å². The largest absolute Gasteiger partial charge is 0.480 e. The lowest BCUT2D eigenvalue weighted by molar-refractivity contribution is -0.146. The molecule has 1 atom stereocenters. The minimum atomic E-state index is -1.19. The fourth-order valence-electron chi connectivity index (χ4n) is 2.33. The van der Waals surface area contributed by atoms with E-state index < -0.39 is 11.5 Å². The van der Waals surface area contributed by atoms with Crippen LogP contribution in [0.2, 0.25) is 0 Å². The van der Waals surface area contributed by atoms with Gasteiger partial charge in [0.15, 0.2) is 5.54 Å². The zero-order chi connectivity index (χ0) is 14.6. The van der Waals surface area contributed by atoms with Crippen molar-refractivity contribution in [1.82, 2.24) is 15.1 Å². The van der Waals surface area contributed by atoms with Crippen LogP contribution in [0.3, 0.4) is 0 Å². The summed E-state index contributed by atoms with van der Waals surface area (Å²) in [4.78, 5) is 12.0. The van der Waals surface area contributed by atoms with E-state index in [1.54, 1.807) is 23.1 Å². The molecule has 0 aliphatic carbocycles. The van der Waals surface area contributed by atoms with Gasteiger partial charge in [0, 0.05) is 18.4 Å². The van der Waals surface area contributed by atoms with Crippen LogP contribution in [0.5, 0.6) is 0 Å². The Hall–Kier alpha value is -2.14. The maximum Gasteiger partial charge on any atom is 0.330 e. The predicted molar refractivity (Wildman–Crippen MR) is 76.3 cm³/mol. The van der Waals surface area contributed by atoms with Gasteiger partial charge in [0.05, 0.1) is 6.54 Å². The number of hydrogen-bond donors (Lipinski definition) is 2. The van der Waals surface area contributed by atoms with Crippen molar-refractivity contribution in [3.63, 3.8) is 0 Å². The monoisotopic (exact) mass is 273 g/mol. The predicted octanol–water partition coefficient (Wildman–Crippen LogP) is 1.86. The first-order chi connectivity index (χ1) is 9.54. The van der Waals surface area contributed by atoms with Crippen LogP contribution in [0.25, 0.3) is 0 Å². The molecule has 0 saturated heterocycles. The number of aromatic nitrogens is 2. The van der Waals surface area contributed by atoms with Crippen LogP contribution in [-0.4, -0.2) is 26.9 Å². The number of carboxylic acid groups (broad SMARTS) is 1. The summed E-state index contributed by atoms with van der Waals surface area (Å²) in [6.07, 6.45) is 3.41. The topological polar surface area (TPSA) is 67.2 Å². The van der Waals surface area contributed by atoms with E-state index >= 15 is 0 Å². The molecule has 0 aliphatic rings. The van der Waals surface area contributed by atoms with Gasteiger partial charge < -0.3 is 5.11 Å². The summed E-state index contributed by atoms with van der Waals surface area (Å²) in [7, 11) is 0. The average molecular weight is 273 g/mol. The molecule has 0 aliphatic heterocycles. The second-order valence-corrected chi connectivity index (χ2v) is 5.08. The SMILES string of the molecule is CC(C)NC(Cn1cccn1)(C(=O)O)c1ccccc1. The smallest absolute Gasteiger partial charge is 0.330 e. The molecule has 0 amide bonds. The van der Waals surface area contributed by atoms with Crippen LogP contribution in [-0.2, 0) is 16.9 Å². The van der Waals surface area contributed by atoms with Gasteiger partial charge in [-0.25, -0.2) is 4.79 Å². The summed E-state index contributed by atoms with van der Waals surface area (Å²) >= 11 is 0. The molecule has 0 fully saturated rings. The number of carbonyl (C=O) groups is 1. The molecular weight excluding hydrogens is 254 g/mol. The zero-order valence-electron chi connectivity index (χ0n) is 11.7. The maximum atomic E-state index is 12.0. The quantitative estimate of drug-likeness (QED) is 0.843. The van der Waals surface area contributed by atoms with Gasteiger partial charge in [-0.05, 0) is 25.5 Å². The molecule has 0 bridgehead atoms. The van der Waals surface area contributed by atoms with Gasteiger partial charge in [0.25, 0.3) is 0 Å². The summed E-state index contributed by atoms with van der Waals surface area (Å²) in [6.45, 7) is 4.10. The Morgan fingerprint density at radius 3 is 2.55 bits per heavy atom. The van der Waals surface area contributed by atoms with Crippen molar-refractivity contribution in [3.05, 3.63) is 54.4 Å². The third-order valence-corrected chi connectivity index (χ3v) is 3.13. The minimum Gasteiger partial charge on any atom is -0.480 e. The van der Waals surface area contributed by atoms with E-state index in [4.69, 9.17) is 0 Å². The highest BCUT2D eigenvalue weighted by molar-refractivity contribution is 5.80. The van der Waals surface area contributed by atoms with Crippen molar-refractivity contribution in [2.75, 3.05) is 0 Å². The first-order valence-corrected chi connectivity index (χ1v) is 6.58. The van der Waals surface area contributed by atoms with Crippen LogP contribution in [0.4, 0.5) is 0 Å². The number of nitrogens with zero attached hydrogens (tertiary/aromatic N) is 2. The molecule has 1 aromatic carbocycles. The molecule has 0 saturated carbocycles. The highest BCUT2D eigenvalue weighted by Gasteiger charge is 2.41. The molecule has 106 valence electrons. The minimum absolute atomic E-state index is 0.0295. The van der Waals surface area contributed by atoms with Gasteiger partial charge >= 0.3 is 5.97 Å². The molecule has 20 heavy (non-hydrogen) atoms. The molecule has 1 aromatic heterocycles. The summed E-state index contributed by atoms with van der Waals surface area (Å²) in [5.74, 6) is -0.909. The van der Waals surface area contributed by atoms with E-state index in [0.29, 0.717) is 0 Å². The highest BCUT2D eigenvalue weighted by atomic mass is 16.4. The standard InChI is InChI=1S/C15H19N3O2/c1-12(2)17-15(14(19)20,11-18-10-6-9-16-18)13-7-4-3-5-8-13/h3-10,12,17H,11H2,1-2H3,(H,19,20). The third-order valence-electron chi connectivity index (χ3n) is 3.13. The fourth-order valence-corrected chi connectivity index (χ4v) is 2.33. The van der Waals surface area contributed by atoms with Crippen LogP contribution in [0, 0.1) is 0 Å². The number of rotatable bonds is 6. The van der Waals surface area contributed by atoms with Gasteiger partial charge in [-0.1, -0.05) is 30.3 Å². The lowest BCUT2D eigenvalue weighted by Gasteiger charge is -2.33. The second-order valence-electron chi connectivity index (χ2n) is 5.08. The Morgan fingerprint density at radius 1 is 1.35 bits per heavy atom. The Kier molecular flexibility index (Phi) is 4.20. The molecule has 5 heteroatoms. The number of benzene rings is 1. The van der Waals surface area contributed by atoms with Gasteiger partial charge in [0.1, 0.15) is 0 Å². The summed E-state index contributed by atoms with van der Waals surface area (Å²) in [6, 6.07) is 11.0. The van der Waals surface area contributed by atoms with Gasteiger partial charge in [-0.2, -0.15) is 5.10 Å². The van der Waals surface area contributed by atoms with Crippen LogP contribution < -0.4 is 5.32 Å².